The van der Waals surface area contributed by atoms with Crippen LogP contribution in [0.15, 0.2) is 12.4 Å². The lowest BCUT2D eigenvalue weighted by Gasteiger charge is -2.35. The quantitative estimate of drug-likeness (QED) is 0.818. The molecule has 0 aromatic carbocycles. The number of aromatic nitrogens is 2. The Morgan fingerprint density at radius 1 is 1.35 bits per heavy atom. The Labute approximate surface area is 137 Å². The van der Waals surface area contributed by atoms with Gasteiger partial charge in [0.15, 0.2) is 9.84 Å². The molecule has 8 nitrogen and oxygen atoms in total. The molecule has 1 saturated heterocycles. The molecule has 1 fully saturated rings. The molecule has 1 aromatic rings. The van der Waals surface area contributed by atoms with Crippen LogP contribution >= 0.6 is 0 Å². The van der Waals surface area contributed by atoms with E-state index in [9.17, 15) is 13.2 Å². The molecule has 130 valence electrons. The van der Waals surface area contributed by atoms with Crippen LogP contribution in [0, 0.1) is 0 Å². The normalized spacial score (nSPS) is 17.2. The first kappa shape index (κ1) is 17.6. The molecule has 2 rings (SSSR count). The van der Waals surface area contributed by atoms with Crippen LogP contribution in [0.5, 0.6) is 0 Å². The Morgan fingerprint density at radius 2 is 2.00 bits per heavy atom. The maximum absolute atomic E-state index is 12.2. The van der Waals surface area contributed by atoms with Crippen molar-refractivity contribution < 1.29 is 13.2 Å². The SMILES string of the molecule is CCS(=O)(=O)CC(C)NC(=O)N1CCN(c2cnn(C)c2)CC1. The number of sulfone groups is 1. The summed E-state index contributed by atoms with van der Waals surface area (Å²) in [6.07, 6.45) is 3.76. The summed E-state index contributed by atoms with van der Waals surface area (Å²) in [5.41, 5.74) is 1.05. The molecule has 0 aliphatic carbocycles. The van der Waals surface area contributed by atoms with E-state index in [0.29, 0.717) is 13.1 Å². The number of urea groups is 1. The number of aryl methyl sites for hydroxylation is 1. The van der Waals surface area contributed by atoms with Crippen LogP contribution in [0.4, 0.5) is 10.5 Å². The van der Waals surface area contributed by atoms with Gasteiger partial charge in [-0.05, 0) is 6.92 Å². The molecule has 9 heteroatoms. The summed E-state index contributed by atoms with van der Waals surface area (Å²) >= 11 is 0. The van der Waals surface area contributed by atoms with Crippen LogP contribution in [-0.2, 0) is 16.9 Å². The standard InChI is InChI=1S/C14H25N5O3S/c1-4-23(21,22)11-12(2)16-14(20)19-7-5-18(6-8-19)13-9-15-17(3)10-13/h9-10,12H,4-8,11H2,1-3H3,(H,16,20). The fourth-order valence-corrected chi connectivity index (χ4v) is 3.66. The third-order valence-corrected chi connectivity index (χ3v) is 5.82. The number of nitrogens with zero attached hydrogens (tertiary/aromatic N) is 4. The molecule has 1 aliphatic rings. The molecule has 23 heavy (non-hydrogen) atoms. The summed E-state index contributed by atoms with van der Waals surface area (Å²) in [6, 6.07) is -0.585. The molecule has 0 spiro atoms. The van der Waals surface area contributed by atoms with Crippen LogP contribution in [0.1, 0.15) is 13.8 Å². The Hall–Kier alpha value is -1.77. The third kappa shape index (κ3) is 4.85. The number of hydrogen-bond donors (Lipinski definition) is 1. The van der Waals surface area contributed by atoms with Gasteiger partial charge in [-0.1, -0.05) is 6.92 Å². The van der Waals surface area contributed by atoms with Gasteiger partial charge in [0.1, 0.15) is 0 Å². The number of hydrogen-bond acceptors (Lipinski definition) is 5. The lowest BCUT2D eigenvalue weighted by molar-refractivity contribution is 0.192. The largest absolute Gasteiger partial charge is 0.365 e. The molecule has 0 saturated carbocycles. The van der Waals surface area contributed by atoms with E-state index >= 15 is 0 Å². The predicted octanol–water partition coefficient (Wildman–Crippen LogP) is 0.0749. The molecule has 1 aliphatic heterocycles. The molecular weight excluding hydrogens is 318 g/mol. The lowest BCUT2D eigenvalue weighted by Crippen LogP contribution is -2.54. The Morgan fingerprint density at radius 3 is 2.52 bits per heavy atom. The fourth-order valence-electron chi connectivity index (χ4n) is 2.58. The monoisotopic (exact) mass is 343 g/mol. The highest BCUT2D eigenvalue weighted by atomic mass is 32.2. The van der Waals surface area contributed by atoms with Crippen LogP contribution in [0.25, 0.3) is 0 Å². The van der Waals surface area contributed by atoms with Gasteiger partial charge in [0.2, 0.25) is 0 Å². The van der Waals surface area contributed by atoms with E-state index in [2.05, 4.69) is 15.3 Å². The fraction of sp³-hybridized carbons (Fsp3) is 0.714. The van der Waals surface area contributed by atoms with Gasteiger partial charge in [0, 0.05) is 51.2 Å². The minimum atomic E-state index is -3.09. The first-order valence-corrected chi connectivity index (χ1v) is 9.62. The van der Waals surface area contributed by atoms with Gasteiger partial charge in [-0.3, -0.25) is 4.68 Å². The van der Waals surface area contributed by atoms with Gasteiger partial charge >= 0.3 is 6.03 Å². The van der Waals surface area contributed by atoms with Crippen LogP contribution < -0.4 is 10.2 Å². The van der Waals surface area contributed by atoms with E-state index < -0.39 is 9.84 Å². The van der Waals surface area contributed by atoms with E-state index in [0.717, 1.165) is 18.8 Å². The number of amides is 2. The van der Waals surface area contributed by atoms with Crippen LogP contribution in [-0.4, -0.2) is 72.9 Å². The van der Waals surface area contributed by atoms with E-state index in [1.807, 2.05) is 19.4 Å². The first-order valence-electron chi connectivity index (χ1n) is 7.80. The summed E-state index contributed by atoms with van der Waals surface area (Å²) in [6.45, 7) is 6.02. The molecule has 2 amide bonds. The number of nitrogens with one attached hydrogen (secondary N) is 1. The highest BCUT2D eigenvalue weighted by Gasteiger charge is 2.24. The highest BCUT2D eigenvalue weighted by molar-refractivity contribution is 7.91. The maximum Gasteiger partial charge on any atom is 0.317 e. The van der Waals surface area contributed by atoms with Crippen molar-refractivity contribution in [3.63, 3.8) is 0 Å². The molecule has 1 unspecified atom stereocenters. The second-order valence-corrected chi connectivity index (χ2v) is 8.29. The van der Waals surface area contributed by atoms with Crippen molar-refractivity contribution in [1.29, 1.82) is 0 Å². The zero-order valence-corrected chi connectivity index (χ0v) is 14.7. The third-order valence-electron chi connectivity index (χ3n) is 3.94. The summed E-state index contributed by atoms with van der Waals surface area (Å²) < 4.78 is 24.9. The summed E-state index contributed by atoms with van der Waals surface area (Å²) in [5, 5.41) is 6.92. The van der Waals surface area contributed by atoms with Gasteiger partial charge in [-0.25, -0.2) is 13.2 Å². The van der Waals surface area contributed by atoms with Crippen molar-refractivity contribution in [2.24, 2.45) is 7.05 Å². The second-order valence-electron chi connectivity index (χ2n) is 5.90. The van der Waals surface area contributed by atoms with Crippen LogP contribution in [0.3, 0.4) is 0 Å². The first-order chi connectivity index (χ1) is 10.8. The van der Waals surface area contributed by atoms with Gasteiger partial charge < -0.3 is 15.1 Å². The Bertz CT molecular complexity index is 635. The maximum atomic E-state index is 12.2. The Kier molecular flexibility index (Phi) is 5.51. The van der Waals surface area contributed by atoms with Gasteiger partial charge in [-0.2, -0.15) is 5.10 Å². The summed E-state index contributed by atoms with van der Waals surface area (Å²) in [5.74, 6) is 0.0713. The van der Waals surface area contributed by atoms with E-state index in [1.54, 1.807) is 23.4 Å². The number of rotatable bonds is 5. The second kappa shape index (κ2) is 7.20. The molecule has 0 bridgehead atoms. The zero-order valence-electron chi connectivity index (χ0n) is 13.9. The minimum Gasteiger partial charge on any atom is -0.365 e. The number of piperazine rings is 1. The average Bonchev–Trinajstić information content (AvgIpc) is 2.93. The average molecular weight is 343 g/mol. The van der Waals surface area contributed by atoms with Gasteiger partial charge in [-0.15, -0.1) is 0 Å². The van der Waals surface area contributed by atoms with Crippen molar-refractivity contribution in [1.82, 2.24) is 20.0 Å². The smallest absolute Gasteiger partial charge is 0.317 e. The summed E-state index contributed by atoms with van der Waals surface area (Å²) in [4.78, 5) is 16.1. The lowest BCUT2D eigenvalue weighted by atomic mass is 10.3. The topological polar surface area (TPSA) is 87.5 Å². The van der Waals surface area contributed by atoms with Crippen molar-refractivity contribution in [3.05, 3.63) is 12.4 Å². The van der Waals surface area contributed by atoms with Gasteiger partial charge in [0.25, 0.3) is 0 Å². The van der Waals surface area contributed by atoms with E-state index in [-0.39, 0.29) is 23.6 Å². The number of carbonyl (C=O) groups is 1. The number of anilines is 1. The van der Waals surface area contributed by atoms with Crippen molar-refractivity contribution in [3.8, 4) is 0 Å². The molecule has 2 heterocycles. The molecule has 1 N–H and O–H groups in total. The van der Waals surface area contributed by atoms with E-state index in [1.165, 1.54) is 0 Å². The van der Waals surface area contributed by atoms with Crippen molar-refractivity contribution >= 4 is 21.6 Å². The molecular formula is C14H25N5O3S. The Balaban J connectivity index is 1.81. The highest BCUT2D eigenvalue weighted by Crippen LogP contribution is 2.14. The minimum absolute atomic E-state index is 0.0229. The van der Waals surface area contributed by atoms with Crippen LogP contribution in [0.2, 0.25) is 0 Å². The predicted molar refractivity (Wildman–Crippen MR) is 89.3 cm³/mol. The number of carbonyl (C=O) groups excluding carboxylic acids is 1. The summed E-state index contributed by atoms with van der Waals surface area (Å²) in [7, 11) is -1.21. The molecule has 1 atom stereocenters. The molecule has 0 radical (unpaired) electrons. The van der Waals surface area contributed by atoms with Crippen molar-refractivity contribution in [2.45, 2.75) is 19.9 Å². The molecule has 1 aromatic heterocycles. The van der Waals surface area contributed by atoms with E-state index in [4.69, 9.17) is 0 Å². The zero-order chi connectivity index (χ0) is 17.0. The van der Waals surface area contributed by atoms with Gasteiger partial charge in [0.05, 0.1) is 17.6 Å². The van der Waals surface area contributed by atoms with Crippen molar-refractivity contribution in [2.75, 3.05) is 42.6 Å².